The second kappa shape index (κ2) is 4.66. The van der Waals surface area contributed by atoms with Gasteiger partial charge in [0, 0.05) is 17.8 Å². The summed E-state index contributed by atoms with van der Waals surface area (Å²) >= 11 is 0. The van der Waals surface area contributed by atoms with Crippen LogP contribution in [0.15, 0.2) is 12.2 Å². The molecule has 0 aromatic carbocycles. The number of Topliss-reactive ketones (excluding diaryl/α,β-unsaturated/α-hetero) is 1. The predicted octanol–water partition coefficient (Wildman–Crippen LogP) is 2.97. The summed E-state index contributed by atoms with van der Waals surface area (Å²) < 4.78 is 14.9. The quantitative estimate of drug-likeness (QED) is 0.532. The van der Waals surface area contributed by atoms with Crippen LogP contribution < -0.4 is 5.73 Å². The van der Waals surface area contributed by atoms with E-state index in [0.717, 1.165) is 19.3 Å². The zero-order valence-corrected chi connectivity index (χ0v) is 14.1. The molecule has 3 nitrogen and oxygen atoms in total. The molecule has 0 aromatic heterocycles. The normalized spacial score (nSPS) is 58.5. The summed E-state index contributed by atoms with van der Waals surface area (Å²) in [6, 6.07) is 0. The summed E-state index contributed by atoms with van der Waals surface area (Å²) in [5, 5.41) is 9.94. The molecule has 0 heterocycles. The molecule has 0 amide bonds. The lowest BCUT2D eigenvalue weighted by atomic mass is 9.45. The Balaban J connectivity index is 1.74. The molecule has 23 heavy (non-hydrogen) atoms. The number of allylic oxidation sites excluding steroid dienone is 1. The molecular weight excluding hydrogens is 293 g/mol. The molecule has 4 aliphatic rings. The van der Waals surface area contributed by atoms with Gasteiger partial charge in [-0.15, -0.1) is 0 Å². The van der Waals surface area contributed by atoms with Gasteiger partial charge in [0.1, 0.15) is 5.78 Å². The van der Waals surface area contributed by atoms with Gasteiger partial charge in [0.25, 0.3) is 0 Å². The molecule has 4 aliphatic carbocycles. The number of alkyl halides is 1. The van der Waals surface area contributed by atoms with E-state index in [1.807, 2.05) is 13.0 Å². The highest BCUT2D eigenvalue weighted by Crippen LogP contribution is 2.66. The number of carbonyl (C=O) groups is 1. The number of fused-ring (bicyclic) bond motifs is 5. The van der Waals surface area contributed by atoms with Crippen LogP contribution in [-0.2, 0) is 4.79 Å². The monoisotopic (exact) mass is 321 g/mol. The lowest BCUT2D eigenvalue weighted by molar-refractivity contribution is -0.153. The minimum absolute atomic E-state index is 0.0463. The molecule has 0 spiro atoms. The molecule has 8 atom stereocenters. The Labute approximate surface area is 137 Å². The second-order valence-corrected chi connectivity index (χ2v) is 8.99. The summed E-state index contributed by atoms with van der Waals surface area (Å²) in [4.78, 5) is 13.0. The van der Waals surface area contributed by atoms with Crippen LogP contribution in [0.25, 0.3) is 0 Å². The molecule has 3 fully saturated rings. The predicted molar refractivity (Wildman–Crippen MR) is 86.1 cm³/mol. The van der Waals surface area contributed by atoms with E-state index >= 15 is 0 Å². The number of aliphatic hydroxyl groups excluding tert-OH is 1. The van der Waals surface area contributed by atoms with Crippen LogP contribution in [0.5, 0.6) is 0 Å². The van der Waals surface area contributed by atoms with Crippen molar-refractivity contribution in [2.75, 3.05) is 0 Å². The summed E-state index contributed by atoms with van der Waals surface area (Å²) in [7, 11) is 0. The molecule has 0 radical (unpaired) electrons. The first kappa shape index (κ1) is 15.8. The van der Waals surface area contributed by atoms with Gasteiger partial charge in [0.2, 0.25) is 0 Å². The van der Waals surface area contributed by atoms with Gasteiger partial charge in [-0.05, 0) is 55.3 Å². The first-order valence-electron chi connectivity index (χ1n) is 9.07. The second-order valence-electron chi connectivity index (χ2n) is 8.99. The van der Waals surface area contributed by atoms with E-state index in [1.54, 1.807) is 0 Å². The maximum absolute atomic E-state index is 14.9. The van der Waals surface area contributed by atoms with Crippen LogP contribution >= 0.6 is 0 Å². The number of hydrogen-bond acceptors (Lipinski definition) is 3. The molecule has 4 unspecified atom stereocenters. The van der Waals surface area contributed by atoms with Crippen LogP contribution in [0.4, 0.5) is 4.39 Å². The zero-order valence-electron chi connectivity index (χ0n) is 14.1. The molecule has 4 rings (SSSR count). The van der Waals surface area contributed by atoms with Crippen LogP contribution in [0.3, 0.4) is 0 Å². The van der Waals surface area contributed by atoms with Crippen molar-refractivity contribution in [3.05, 3.63) is 12.2 Å². The van der Waals surface area contributed by atoms with Gasteiger partial charge in [-0.3, -0.25) is 10.5 Å². The van der Waals surface area contributed by atoms with Crippen molar-refractivity contribution in [3.8, 4) is 0 Å². The Morgan fingerprint density at radius 2 is 1.96 bits per heavy atom. The van der Waals surface area contributed by atoms with Crippen molar-refractivity contribution in [3.63, 3.8) is 0 Å². The van der Waals surface area contributed by atoms with Crippen molar-refractivity contribution in [1.82, 2.24) is 0 Å². The third-order valence-electron chi connectivity index (χ3n) is 8.13. The largest absolute Gasteiger partial charge is 0.389 e. The van der Waals surface area contributed by atoms with Crippen molar-refractivity contribution in [2.45, 2.75) is 64.3 Å². The van der Waals surface area contributed by atoms with Crippen LogP contribution in [0.2, 0.25) is 0 Å². The maximum Gasteiger partial charge on any atom is 0.164 e. The topological polar surface area (TPSA) is 63.3 Å². The molecule has 0 saturated heterocycles. The van der Waals surface area contributed by atoms with Gasteiger partial charge in [0.05, 0.1) is 6.10 Å². The number of rotatable bonds is 0. The average molecular weight is 321 g/mol. The first-order valence-corrected chi connectivity index (χ1v) is 9.07. The lowest BCUT2D eigenvalue weighted by Gasteiger charge is -2.58. The Morgan fingerprint density at radius 1 is 1.26 bits per heavy atom. The fourth-order valence-electron chi connectivity index (χ4n) is 6.50. The molecule has 128 valence electrons. The van der Waals surface area contributed by atoms with Crippen LogP contribution in [-0.4, -0.2) is 22.8 Å². The summed E-state index contributed by atoms with van der Waals surface area (Å²) in [5.41, 5.74) is 5.38. The molecular formula is C19H28FNO2. The van der Waals surface area contributed by atoms with Gasteiger partial charge in [-0.25, -0.2) is 4.39 Å². The number of nitrogens with two attached hydrogens (primary N) is 1. The fourth-order valence-corrected chi connectivity index (χ4v) is 6.50. The molecule has 0 aromatic rings. The standard InChI is InChI=1S/C19H28FNO2/c1-17-6-3-12(22)9-11(17)10-15(23)16-13(17)4-7-18(2)14(16)5-8-19(18,20)21/h3,6,11-14,16,22H,4-5,7-10,21H2,1-2H3/t11?,12?,13-,14+,16?,17+,18+,19?/m1/s1. The highest BCUT2D eigenvalue weighted by Gasteiger charge is 2.66. The SMILES string of the molecule is C[C@]12C=CC(O)CC1CC(=O)C1[C@H]2CC[C@@]2(C)[C@H]1CCC2(N)F. The minimum atomic E-state index is -1.64. The van der Waals surface area contributed by atoms with E-state index < -0.39 is 17.3 Å². The third kappa shape index (κ3) is 1.91. The van der Waals surface area contributed by atoms with Crippen molar-refractivity contribution < 1.29 is 14.3 Å². The highest BCUT2D eigenvalue weighted by atomic mass is 19.1. The Morgan fingerprint density at radius 3 is 2.70 bits per heavy atom. The van der Waals surface area contributed by atoms with Crippen LogP contribution in [0.1, 0.15) is 52.4 Å². The van der Waals surface area contributed by atoms with Gasteiger partial charge < -0.3 is 5.11 Å². The van der Waals surface area contributed by atoms with Crippen molar-refractivity contribution in [1.29, 1.82) is 0 Å². The Bertz CT molecular complexity index is 574. The minimum Gasteiger partial charge on any atom is -0.389 e. The first-order chi connectivity index (χ1) is 10.7. The molecule has 3 N–H and O–H groups in total. The molecule has 4 heteroatoms. The van der Waals surface area contributed by atoms with E-state index in [1.165, 1.54) is 0 Å². The van der Waals surface area contributed by atoms with E-state index in [9.17, 15) is 14.3 Å². The average Bonchev–Trinajstić information content (AvgIpc) is 2.72. The Hall–Kier alpha value is -0.740. The zero-order chi connectivity index (χ0) is 16.6. The maximum atomic E-state index is 14.9. The number of hydrogen-bond donors (Lipinski definition) is 2. The number of carbonyl (C=O) groups excluding carboxylic acids is 1. The van der Waals surface area contributed by atoms with E-state index in [2.05, 4.69) is 13.0 Å². The lowest BCUT2D eigenvalue weighted by Crippen LogP contribution is -2.59. The molecule has 0 aliphatic heterocycles. The molecule has 3 saturated carbocycles. The van der Waals surface area contributed by atoms with Crippen molar-refractivity contribution >= 4 is 5.78 Å². The summed E-state index contributed by atoms with van der Waals surface area (Å²) in [6.07, 6.45) is 7.54. The Kier molecular flexibility index (Phi) is 3.20. The van der Waals surface area contributed by atoms with Gasteiger partial charge in [0.15, 0.2) is 5.79 Å². The fraction of sp³-hybridized carbons (Fsp3) is 0.842. The van der Waals surface area contributed by atoms with Crippen molar-refractivity contribution in [2.24, 2.45) is 40.2 Å². The van der Waals surface area contributed by atoms with Gasteiger partial charge in [-0.2, -0.15) is 0 Å². The summed E-state index contributed by atoms with van der Waals surface area (Å²) in [5.74, 6) is -0.856. The van der Waals surface area contributed by atoms with E-state index in [0.29, 0.717) is 19.3 Å². The smallest absolute Gasteiger partial charge is 0.164 e. The third-order valence-corrected chi connectivity index (χ3v) is 8.13. The molecule has 0 bridgehead atoms. The van der Waals surface area contributed by atoms with Gasteiger partial charge >= 0.3 is 0 Å². The number of ketones is 1. The number of halogens is 1. The highest BCUT2D eigenvalue weighted by molar-refractivity contribution is 5.83. The van der Waals surface area contributed by atoms with Crippen LogP contribution in [0, 0.1) is 34.5 Å². The van der Waals surface area contributed by atoms with E-state index in [-0.39, 0.29) is 34.9 Å². The summed E-state index contributed by atoms with van der Waals surface area (Å²) in [6.45, 7) is 4.20. The van der Waals surface area contributed by atoms with E-state index in [4.69, 9.17) is 5.73 Å². The number of aliphatic hydroxyl groups is 1. The van der Waals surface area contributed by atoms with Gasteiger partial charge in [-0.1, -0.05) is 26.0 Å².